The van der Waals surface area contributed by atoms with Gasteiger partial charge in [-0.2, -0.15) is 9.78 Å². The van der Waals surface area contributed by atoms with E-state index >= 15 is 0 Å². The van der Waals surface area contributed by atoms with E-state index in [2.05, 4.69) is 26.3 Å². The van der Waals surface area contributed by atoms with Gasteiger partial charge in [-0.3, -0.25) is 0 Å². The fraction of sp³-hybridized carbons (Fsp3) is 0.105. The molecule has 0 saturated carbocycles. The Kier molecular flexibility index (Phi) is 4.70. The highest BCUT2D eigenvalue weighted by Gasteiger charge is 2.11. The molecule has 2 aromatic heterocycles. The number of H-pyrrole nitrogens is 1. The van der Waals surface area contributed by atoms with Crippen LogP contribution in [0.1, 0.15) is 11.4 Å². The number of hydrogen-bond acceptors (Lipinski definition) is 5. The van der Waals surface area contributed by atoms with Gasteiger partial charge in [0.1, 0.15) is 12.4 Å². The molecule has 0 amide bonds. The zero-order valence-corrected chi connectivity index (χ0v) is 15.0. The molecule has 0 fully saturated rings. The van der Waals surface area contributed by atoms with E-state index in [4.69, 9.17) is 4.74 Å². The second-order valence-corrected chi connectivity index (χ2v) is 6.32. The van der Waals surface area contributed by atoms with Gasteiger partial charge in [0.2, 0.25) is 5.16 Å². The minimum absolute atomic E-state index is 0.294. The first-order valence-corrected chi connectivity index (χ1v) is 9.34. The molecule has 0 aliphatic carbocycles. The topological polar surface area (TPSA) is 68.1 Å². The molecule has 2 aromatic carbocycles. The van der Waals surface area contributed by atoms with Crippen LogP contribution in [0.3, 0.4) is 0 Å². The van der Waals surface area contributed by atoms with E-state index in [1.165, 1.54) is 11.8 Å². The van der Waals surface area contributed by atoms with Crippen molar-refractivity contribution in [2.24, 2.45) is 5.10 Å². The normalized spacial score (nSPS) is 11.4. The molecule has 0 atom stereocenters. The number of benzene rings is 2. The average molecular weight is 363 g/mol. The number of aromatic nitrogens is 4. The number of ether oxygens (including phenoxy) is 1. The summed E-state index contributed by atoms with van der Waals surface area (Å²) < 4.78 is 7.50. The van der Waals surface area contributed by atoms with Crippen LogP contribution in [-0.2, 0) is 6.61 Å². The average Bonchev–Trinajstić information content (AvgIpc) is 3.29. The van der Waals surface area contributed by atoms with Crippen molar-refractivity contribution in [3.05, 3.63) is 72.2 Å². The Morgan fingerprint density at radius 2 is 1.92 bits per heavy atom. The molecule has 0 aliphatic heterocycles. The summed E-state index contributed by atoms with van der Waals surface area (Å²) in [6, 6.07) is 17.8. The van der Waals surface area contributed by atoms with Crippen molar-refractivity contribution >= 4 is 28.9 Å². The second kappa shape index (κ2) is 7.45. The Morgan fingerprint density at radius 3 is 2.77 bits per heavy atom. The van der Waals surface area contributed by atoms with E-state index in [1.54, 1.807) is 4.68 Å². The summed E-state index contributed by atoms with van der Waals surface area (Å²) in [4.78, 5) is 3.25. The van der Waals surface area contributed by atoms with Gasteiger partial charge >= 0.3 is 0 Å². The molecule has 1 N–H and O–H groups in total. The van der Waals surface area contributed by atoms with Gasteiger partial charge in [-0.15, -0.1) is 10.2 Å². The maximum Gasteiger partial charge on any atom is 0.211 e. The van der Waals surface area contributed by atoms with Crippen molar-refractivity contribution in [1.29, 1.82) is 0 Å². The van der Waals surface area contributed by atoms with Gasteiger partial charge < -0.3 is 9.72 Å². The first-order valence-electron chi connectivity index (χ1n) is 8.12. The lowest BCUT2D eigenvalue weighted by Crippen LogP contribution is -2.04. The van der Waals surface area contributed by atoms with Crippen LogP contribution in [0.4, 0.5) is 0 Å². The lowest BCUT2D eigenvalue weighted by atomic mass is 10.2. The molecule has 4 rings (SSSR count). The number of para-hydroxylation sites is 2. The van der Waals surface area contributed by atoms with E-state index in [0.717, 1.165) is 22.2 Å². The molecule has 26 heavy (non-hydrogen) atoms. The Balaban J connectivity index is 1.60. The lowest BCUT2D eigenvalue weighted by molar-refractivity contribution is 0.290. The molecule has 0 bridgehead atoms. The molecular formula is C19H17N5OS. The molecule has 0 spiro atoms. The highest BCUT2D eigenvalue weighted by Crippen LogP contribution is 2.18. The number of rotatable bonds is 6. The van der Waals surface area contributed by atoms with Crippen LogP contribution in [0.15, 0.2) is 71.1 Å². The Hall–Kier alpha value is -3.06. The molecule has 2 heterocycles. The van der Waals surface area contributed by atoms with E-state index in [0.29, 0.717) is 17.6 Å². The van der Waals surface area contributed by atoms with Gasteiger partial charge in [0.15, 0.2) is 5.82 Å². The van der Waals surface area contributed by atoms with Crippen LogP contribution < -0.4 is 4.74 Å². The van der Waals surface area contributed by atoms with Crippen LogP contribution in [0, 0.1) is 0 Å². The molecule has 0 aliphatic rings. The largest absolute Gasteiger partial charge is 0.486 e. The molecule has 130 valence electrons. The Bertz CT molecular complexity index is 1040. The van der Waals surface area contributed by atoms with Crippen LogP contribution >= 0.6 is 11.8 Å². The van der Waals surface area contributed by atoms with Crippen molar-refractivity contribution in [3.8, 4) is 5.75 Å². The lowest BCUT2D eigenvalue weighted by Gasteiger charge is -2.05. The summed E-state index contributed by atoms with van der Waals surface area (Å²) in [7, 11) is 0. The second-order valence-electron chi connectivity index (χ2n) is 5.55. The van der Waals surface area contributed by atoms with Crippen molar-refractivity contribution in [1.82, 2.24) is 19.9 Å². The van der Waals surface area contributed by atoms with Gasteiger partial charge in [0.05, 0.1) is 6.21 Å². The summed E-state index contributed by atoms with van der Waals surface area (Å²) in [6.07, 6.45) is 5.70. The molecule has 0 saturated heterocycles. The van der Waals surface area contributed by atoms with Crippen molar-refractivity contribution in [2.75, 3.05) is 6.26 Å². The number of hydrogen-bond donors (Lipinski definition) is 1. The zero-order valence-electron chi connectivity index (χ0n) is 14.2. The third-order valence-corrected chi connectivity index (χ3v) is 4.52. The first-order chi connectivity index (χ1) is 12.8. The summed E-state index contributed by atoms with van der Waals surface area (Å²) in [5, 5.41) is 14.8. The SMILES string of the molecule is CSc1nnc(COc2ccccc2)n1/N=C\c1c[nH]c2ccccc12. The fourth-order valence-electron chi connectivity index (χ4n) is 2.61. The van der Waals surface area contributed by atoms with Crippen molar-refractivity contribution in [3.63, 3.8) is 0 Å². The maximum atomic E-state index is 5.79. The van der Waals surface area contributed by atoms with Gasteiger partial charge in [-0.25, -0.2) is 0 Å². The van der Waals surface area contributed by atoms with Crippen LogP contribution in [-0.4, -0.2) is 32.3 Å². The van der Waals surface area contributed by atoms with Gasteiger partial charge in [-0.05, 0) is 24.5 Å². The Labute approximate surface area is 154 Å². The van der Waals surface area contributed by atoms with E-state index in [-0.39, 0.29) is 0 Å². The van der Waals surface area contributed by atoms with Crippen molar-refractivity contribution < 1.29 is 4.74 Å². The van der Waals surface area contributed by atoms with E-state index in [1.807, 2.05) is 67.2 Å². The predicted octanol–water partition coefficient (Wildman–Crippen LogP) is 3.94. The molecule has 0 unspecified atom stereocenters. The first kappa shape index (κ1) is 16.4. The van der Waals surface area contributed by atoms with Gasteiger partial charge in [0, 0.05) is 22.7 Å². The standard InChI is InChI=1S/C19H17N5OS/c1-26-19-23-22-18(13-25-15-7-3-2-4-8-15)24(19)21-12-14-11-20-17-10-6-5-9-16(14)17/h2-12,20H,13H2,1H3/b21-12-. The minimum atomic E-state index is 0.294. The van der Waals surface area contributed by atoms with E-state index < -0.39 is 0 Å². The third-order valence-electron chi connectivity index (χ3n) is 3.90. The highest BCUT2D eigenvalue weighted by atomic mass is 32.2. The van der Waals surface area contributed by atoms with Crippen LogP contribution in [0.2, 0.25) is 0 Å². The fourth-order valence-corrected chi connectivity index (χ4v) is 3.06. The molecular weight excluding hydrogens is 346 g/mol. The summed E-state index contributed by atoms with van der Waals surface area (Å²) in [6.45, 7) is 0.294. The van der Waals surface area contributed by atoms with Crippen LogP contribution in [0.5, 0.6) is 5.75 Å². The monoisotopic (exact) mass is 363 g/mol. The molecule has 4 aromatic rings. The number of nitrogens with one attached hydrogen (secondary N) is 1. The van der Waals surface area contributed by atoms with Crippen LogP contribution in [0.25, 0.3) is 10.9 Å². The number of fused-ring (bicyclic) bond motifs is 1. The quantitative estimate of drug-likeness (QED) is 0.416. The predicted molar refractivity (Wildman–Crippen MR) is 104 cm³/mol. The van der Waals surface area contributed by atoms with Gasteiger partial charge in [-0.1, -0.05) is 48.2 Å². The summed E-state index contributed by atoms with van der Waals surface area (Å²) in [5.41, 5.74) is 2.09. The van der Waals surface area contributed by atoms with E-state index in [9.17, 15) is 0 Å². The number of thioether (sulfide) groups is 1. The molecule has 7 heteroatoms. The molecule has 0 radical (unpaired) electrons. The molecule has 6 nitrogen and oxygen atoms in total. The third kappa shape index (κ3) is 3.34. The summed E-state index contributed by atoms with van der Waals surface area (Å²) in [5.74, 6) is 1.43. The smallest absolute Gasteiger partial charge is 0.211 e. The zero-order chi connectivity index (χ0) is 17.8. The summed E-state index contributed by atoms with van der Waals surface area (Å²) >= 11 is 1.49. The number of aromatic amines is 1. The maximum absolute atomic E-state index is 5.79. The van der Waals surface area contributed by atoms with Crippen molar-refractivity contribution in [2.45, 2.75) is 11.8 Å². The number of nitrogens with zero attached hydrogens (tertiary/aromatic N) is 4. The Morgan fingerprint density at radius 1 is 1.12 bits per heavy atom. The van der Waals surface area contributed by atoms with Gasteiger partial charge in [0.25, 0.3) is 0 Å². The highest BCUT2D eigenvalue weighted by molar-refractivity contribution is 7.98. The minimum Gasteiger partial charge on any atom is -0.486 e.